The number of piperazine rings is 1. The second kappa shape index (κ2) is 11.8. The third-order valence-corrected chi connectivity index (χ3v) is 4.78. The maximum absolute atomic E-state index is 5.97. The van der Waals surface area contributed by atoms with Gasteiger partial charge < -0.3 is 19.9 Å². The van der Waals surface area contributed by atoms with Crippen molar-refractivity contribution in [2.75, 3.05) is 67.5 Å². The normalized spacial score (nSPS) is 19.0. The van der Waals surface area contributed by atoms with Crippen molar-refractivity contribution in [3.63, 3.8) is 0 Å². The van der Waals surface area contributed by atoms with Crippen molar-refractivity contribution in [2.24, 2.45) is 4.99 Å². The van der Waals surface area contributed by atoms with E-state index >= 15 is 0 Å². The summed E-state index contributed by atoms with van der Waals surface area (Å²) in [5.74, 6) is 1.67. The predicted molar refractivity (Wildman–Crippen MR) is 120 cm³/mol. The minimum atomic E-state index is 0. The van der Waals surface area contributed by atoms with Crippen LogP contribution in [0.4, 0.5) is 0 Å². The second-order valence-electron chi connectivity index (χ2n) is 6.55. The van der Waals surface area contributed by atoms with E-state index in [0.29, 0.717) is 17.7 Å². The molecule has 0 aliphatic carbocycles. The van der Waals surface area contributed by atoms with Crippen molar-refractivity contribution in [3.8, 4) is 5.75 Å². The monoisotopic (exact) mass is 495 g/mol. The Morgan fingerprint density at radius 1 is 1.38 bits per heavy atom. The van der Waals surface area contributed by atoms with Crippen molar-refractivity contribution in [3.05, 3.63) is 29.3 Å². The molecule has 6 nitrogen and oxygen atoms in total. The van der Waals surface area contributed by atoms with Crippen LogP contribution in [0.1, 0.15) is 0 Å². The van der Waals surface area contributed by atoms with Gasteiger partial charge in [-0.1, -0.05) is 17.7 Å². The van der Waals surface area contributed by atoms with Gasteiger partial charge in [0.15, 0.2) is 5.96 Å². The minimum absolute atomic E-state index is 0. The van der Waals surface area contributed by atoms with Crippen LogP contribution in [-0.4, -0.2) is 94.2 Å². The zero-order valence-corrected chi connectivity index (χ0v) is 19.2. The smallest absolute Gasteiger partial charge is 0.193 e. The number of hydrogen-bond donors (Lipinski definition) is 1. The molecule has 8 heteroatoms. The van der Waals surface area contributed by atoms with E-state index in [2.05, 4.69) is 39.1 Å². The Bertz CT molecular complexity index is 574. The summed E-state index contributed by atoms with van der Waals surface area (Å²) in [6, 6.07) is 7.95. The topological polar surface area (TPSA) is 43.3 Å². The van der Waals surface area contributed by atoms with Crippen LogP contribution in [0.5, 0.6) is 5.75 Å². The summed E-state index contributed by atoms with van der Waals surface area (Å²) >= 11 is 5.97. The van der Waals surface area contributed by atoms with Crippen molar-refractivity contribution in [2.45, 2.75) is 6.04 Å². The maximum Gasteiger partial charge on any atom is 0.193 e. The Hall–Kier alpha value is -0.770. The van der Waals surface area contributed by atoms with Crippen LogP contribution in [-0.2, 0) is 0 Å². The van der Waals surface area contributed by atoms with Gasteiger partial charge in [0.05, 0.1) is 6.54 Å². The summed E-state index contributed by atoms with van der Waals surface area (Å²) in [4.78, 5) is 11.2. The first kappa shape index (κ1) is 23.3. The molecule has 2 rings (SSSR count). The number of rotatable bonds is 6. The molecule has 1 fully saturated rings. The van der Waals surface area contributed by atoms with E-state index in [9.17, 15) is 0 Å². The second-order valence-corrected chi connectivity index (χ2v) is 6.99. The number of hydrogen-bond acceptors (Lipinski definition) is 4. The molecule has 1 aromatic rings. The van der Waals surface area contributed by atoms with Gasteiger partial charge >= 0.3 is 0 Å². The molecule has 26 heavy (non-hydrogen) atoms. The van der Waals surface area contributed by atoms with E-state index < -0.39 is 0 Å². The summed E-state index contributed by atoms with van der Waals surface area (Å²) < 4.78 is 5.75. The van der Waals surface area contributed by atoms with Gasteiger partial charge in [-0.3, -0.25) is 9.89 Å². The highest BCUT2D eigenvalue weighted by Crippen LogP contribution is 2.16. The van der Waals surface area contributed by atoms with Gasteiger partial charge in [0.2, 0.25) is 0 Å². The lowest BCUT2D eigenvalue weighted by molar-refractivity contribution is 0.116. The third kappa shape index (κ3) is 7.46. The molecule has 0 spiro atoms. The number of halogens is 2. The molecule has 0 bridgehead atoms. The summed E-state index contributed by atoms with van der Waals surface area (Å²) in [5, 5.41) is 4.16. The molecule has 1 aliphatic heterocycles. The summed E-state index contributed by atoms with van der Waals surface area (Å²) in [7, 11) is 8.19. The lowest BCUT2D eigenvalue weighted by Crippen LogP contribution is -2.55. The fourth-order valence-electron chi connectivity index (χ4n) is 2.88. The van der Waals surface area contributed by atoms with Crippen molar-refractivity contribution in [1.29, 1.82) is 0 Å². The molecule has 1 saturated heterocycles. The average molecular weight is 496 g/mol. The lowest BCUT2D eigenvalue weighted by Gasteiger charge is -2.38. The number of ether oxygens (including phenoxy) is 1. The largest absolute Gasteiger partial charge is 0.492 e. The van der Waals surface area contributed by atoms with Crippen LogP contribution in [0.3, 0.4) is 0 Å². The van der Waals surface area contributed by atoms with Crippen molar-refractivity contribution in [1.82, 2.24) is 20.0 Å². The molecule has 0 radical (unpaired) electrons. The highest BCUT2D eigenvalue weighted by atomic mass is 127. The van der Waals surface area contributed by atoms with Gasteiger partial charge in [-0.2, -0.15) is 0 Å². The van der Waals surface area contributed by atoms with Crippen LogP contribution in [0.2, 0.25) is 5.02 Å². The molecule has 148 valence electrons. The number of benzene rings is 1. The van der Waals surface area contributed by atoms with Crippen molar-refractivity contribution >= 4 is 41.5 Å². The van der Waals surface area contributed by atoms with E-state index in [1.165, 1.54) is 0 Å². The highest BCUT2D eigenvalue weighted by molar-refractivity contribution is 14.0. The van der Waals surface area contributed by atoms with Gasteiger partial charge in [-0.05, 0) is 32.3 Å². The molecule has 1 N–H and O–H groups in total. The number of aliphatic imine (C=N–C) groups is 1. The van der Waals surface area contributed by atoms with Gasteiger partial charge in [-0.15, -0.1) is 24.0 Å². The molecule has 0 amide bonds. The number of guanidine groups is 1. The van der Waals surface area contributed by atoms with Gasteiger partial charge in [0, 0.05) is 51.3 Å². The van der Waals surface area contributed by atoms with E-state index in [0.717, 1.165) is 44.4 Å². The third-order valence-electron chi connectivity index (χ3n) is 4.54. The molecule has 1 aliphatic rings. The van der Waals surface area contributed by atoms with Crippen molar-refractivity contribution < 1.29 is 4.74 Å². The first-order chi connectivity index (χ1) is 12.0. The molecule has 0 saturated carbocycles. The first-order valence-corrected chi connectivity index (χ1v) is 9.06. The number of nitrogens with zero attached hydrogens (tertiary/aromatic N) is 4. The van der Waals surface area contributed by atoms with E-state index in [4.69, 9.17) is 16.3 Å². The summed E-state index contributed by atoms with van der Waals surface area (Å²) in [5.41, 5.74) is 0. The van der Waals surface area contributed by atoms with E-state index in [1.54, 1.807) is 0 Å². The molecular weight excluding hydrogens is 465 g/mol. The lowest BCUT2D eigenvalue weighted by atomic mass is 10.2. The van der Waals surface area contributed by atoms with Crippen LogP contribution < -0.4 is 10.1 Å². The average Bonchev–Trinajstić information content (AvgIpc) is 2.58. The molecular formula is C18H31ClIN5O. The highest BCUT2D eigenvalue weighted by Gasteiger charge is 2.22. The zero-order valence-electron chi connectivity index (χ0n) is 16.1. The summed E-state index contributed by atoms with van der Waals surface area (Å²) in [6.45, 7) is 5.50. The Balaban J connectivity index is 0.00000338. The Morgan fingerprint density at radius 2 is 2.15 bits per heavy atom. The van der Waals surface area contributed by atoms with Gasteiger partial charge in [-0.25, -0.2) is 0 Å². The van der Waals surface area contributed by atoms with Gasteiger partial charge in [0.25, 0.3) is 0 Å². The Morgan fingerprint density at radius 3 is 2.85 bits per heavy atom. The van der Waals surface area contributed by atoms with Crippen LogP contribution in [0, 0.1) is 0 Å². The maximum atomic E-state index is 5.97. The first-order valence-electron chi connectivity index (χ1n) is 8.68. The Labute approximate surface area is 179 Å². The fraction of sp³-hybridized carbons (Fsp3) is 0.611. The summed E-state index contributed by atoms with van der Waals surface area (Å²) in [6.07, 6.45) is 0. The van der Waals surface area contributed by atoms with Crippen LogP contribution >= 0.6 is 35.6 Å². The SMILES string of the molecule is CN=C(NCC1CN(C)CCN1C)N(C)CCOc1cccc(Cl)c1.I. The Kier molecular flexibility index (Phi) is 10.6. The standard InChI is InChI=1S/C18H30ClN5O.HI/c1-20-18(21-13-16-14-22(2)8-9-23(16)3)24(4)10-11-25-17-7-5-6-15(19)12-17;/h5-7,12,16H,8-11,13-14H2,1-4H3,(H,20,21);1H. The zero-order chi connectivity index (χ0) is 18.2. The van der Waals surface area contributed by atoms with Crippen LogP contribution in [0.25, 0.3) is 0 Å². The molecule has 1 atom stereocenters. The molecule has 0 aromatic heterocycles. The quantitative estimate of drug-likeness (QED) is 0.372. The van der Waals surface area contributed by atoms with Crippen LogP contribution in [0.15, 0.2) is 29.3 Å². The van der Waals surface area contributed by atoms with Gasteiger partial charge in [0.1, 0.15) is 12.4 Å². The predicted octanol–water partition coefficient (Wildman–Crippen LogP) is 2.09. The van der Waals surface area contributed by atoms with E-state index in [-0.39, 0.29) is 24.0 Å². The molecule has 1 unspecified atom stereocenters. The number of nitrogens with one attached hydrogen (secondary N) is 1. The molecule has 1 heterocycles. The number of likely N-dealkylation sites (N-methyl/N-ethyl adjacent to an activating group) is 3. The van der Waals surface area contributed by atoms with E-state index in [1.807, 2.05) is 38.4 Å². The fourth-order valence-corrected chi connectivity index (χ4v) is 3.06. The minimum Gasteiger partial charge on any atom is -0.492 e. The molecule has 1 aromatic carbocycles.